The summed E-state index contributed by atoms with van der Waals surface area (Å²) in [7, 11) is 1.64. The number of nitrogens with one attached hydrogen (secondary N) is 2. The molecule has 1 aromatic carbocycles. The molecule has 0 spiro atoms. The lowest BCUT2D eigenvalue weighted by Gasteiger charge is -2.25. The average Bonchev–Trinajstić information content (AvgIpc) is 3.14. The van der Waals surface area contributed by atoms with Gasteiger partial charge in [0.15, 0.2) is 17.5 Å². The molecule has 0 aliphatic carbocycles. The number of benzene rings is 1. The van der Waals surface area contributed by atoms with Gasteiger partial charge in [-0.25, -0.2) is 14.7 Å². The van der Waals surface area contributed by atoms with Crippen molar-refractivity contribution in [2.45, 2.75) is 45.4 Å². The highest BCUT2D eigenvalue weighted by Crippen LogP contribution is 2.26. The van der Waals surface area contributed by atoms with E-state index in [-0.39, 0.29) is 12.1 Å². The molecule has 0 bridgehead atoms. The van der Waals surface area contributed by atoms with Crippen molar-refractivity contribution in [3.05, 3.63) is 36.4 Å². The van der Waals surface area contributed by atoms with E-state index in [4.69, 9.17) is 9.47 Å². The first kappa shape index (κ1) is 19.0. The maximum Gasteiger partial charge on any atom is 0.191 e. The molecular weight excluding hydrogens is 344 g/mol. The lowest BCUT2D eigenvalue weighted by atomic mass is 10.1. The van der Waals surface area contributed by atoms with E-state index in [1.54, 1.807) is 13.4 Å². The zero-order valence-corrected chi connectivity index (χ0v) is 16.2. The van der Waals surface area contributed by atoms with Crippen molar-refractivity contribution in [3.8, 4) is 11.5 Å². The third kappa shape index (κ3) is 5.12. The quantitative estimate of drug-likeness (QED) is 0.568. The van der Waals surface area contributed by atoms with Crippen LogP contribution in [0.15, 0.2) is 35.6 Å². The predicted molar refractivity (Wildman–Crippen MR) is 104 cm³/mol. The monoisotopic (exact) mass is 372 g/mol. The topological polar surface area (TPSA) is 85.6 Å². The van der Waals surface area contributed by atoms with Crippen LogP contribution in [0.3, 0.4) is 0 Å². The van der Waals surface area contributed by atoms with E-state index in [2.05, 4.69) is 32.6 Å². The second-order valence-electron chi connectivity index (χ2n) is 6.54. The molecular formula is C19H28N6O2. The van der Waals surface area contributed by atoms with Gasteiger partial charge in [-0.1, -0.05) is 12.1 Å². The standard InChI is InChI=1S/C19H28N6O2/c1-4-20-19(24-15-9-10-18-22-13-23-25(18)12-15)21-11-14(2)27-17-8-6-5-7-16(17)26-3/h5-8,13-15H,4,9-12H2,1-3H3,(H2,20,21,24). The van der Waals surface area contributed by atoms with E-state index in [0.29, 0.717) is 6.54 Å². The van der Waals surface area contributed by atoms with Gasteiger partial charge in [-0.2, -0.15) is 5.10 Å². The number of nitrogens with zero attached hydrogens (tertiary/aromatic N) is 4. The normalized spacial score (nSPS) is 17.7. The van der Waals surface area contributed by atoms with Crippen molar-refractivity contribution in [2.75, 3.05) is 20.2 Å². The van der Waals surface area contributed by atoms with Gasteiger partial charge in [0, 0.05) is 19.0 Å². The van der Waals surface area contributed by atoms with Crippen LogP contribution in [-0.2, 0) is 13.0 Å². The number of guanidine groups is 1. The summed E-state index contributed by atoms with van der Waals surface area (Å²) in [6, 6.07) is 7.92. The number of aryl methyl sites for hydroxylation is 1. The Bertz CT molecular complexity index is 760. The van der Waals surface area contributed by atoms with Crippen molar-refractivity contribution < 1.29 is 9.47 Å². The Morgan fingerprint density at radius 1 is 1.37 bits per heavy atom. The van der Waals surface area contributed by atoms with E-state index < -0.39 is 0 Å². The van der Waals surface area contributed by atoms with E-state index in [9.17, 15) is 0 Å². The second kappa shape index (κ2) is 9.25. The van der Waals surface area contributed by atoms with Crippen molar-refractivity contribution in [1.82, 2.24) is 25.4 Å². The molecule has 0 amide bonds. The van der Waals surface area contributed by atoms with E-state index >= 15 is 0 Å². The van der Waals surface area contributed by atoms with Crippen LogP contribution in [-0.4, -0.2) is 53.1 Å². The summed E-state index contributed by atoms with van der Waals surface area (Å²) in [4.78, 5) is 8.96. The minimum Gasteiger partial charge on any atom is -0.493 e. The Labute approximate surface area is 160 Å². The van der Waals surface area contributed by atoms with Gasteiger partial charge in [-0.05, 0) is 32.4 Å². The van der Waals surface area contributed by atoms with Gasteiger partial charge < -0.3 is 20.1 Å². The van der Waals surface area contributed by atoms with Crippen LogP contribution in [0.4, 0.5) is 0 Å². The Balaban J connectivity index is 1.57. The number of aliphatic imine (C=N–C) groups is 1. The Morgan fingerprint density at radius 3 is 2.96 bits per heavy atom. The summed E-state index contributed by atoms with van der Waals surface area (Å²) in [6.45, 7) is 6.20. The first-order valence-electron chi connectivity index (χ1n) is 9.40. The van der Waals surface area contributed by atoms with Crippen LogP contribution in [0.2, 0.25) is 0 Å². The fraction of sp³-hybridized carbons (Fsp3) is 0.526. The average molecular weight is 372 g/mol. The highest BCUT2D eigenvalue weighted by atomic mass is 16.5. The maximum absolute atomic E-state index is 5.98. The molecule has 2 unspecified atom stereocenters. The van der Waals surface area contributed by atoms with Crippen molar-refractivity contribution in [1.29, 1.82) is 0 Å². The largest absolute Gasteiger partial charge is 0.493 e. The number of fused-ring (bicyclic) bond motifs is 1. The zero-order chi connectivity index (χ0) is 19.1. The molecule has 2 heterocycles. The Kier molecular flexibility index (Phi) is 6.51. The van der Waals surface area contributed by atoms with Gasteiger partial charge in [-0.15, -0.1) is 0 Å². The first-order chi connectivity index (χ1) is 13.2. The number of rotatable bonds is 7. The number of ether oxygens (including phenoxy) is 2. The molecule has 0 saturated carbocycles. The third-order valence-corrected chi connectivity index (χ3v) is 4.39. The fourth-order valence-electron chi connectivity index (χ4n) is 3.06. The molecule has 8 nitrogen and oxygen atoms in total. The number of para-hydroxylation sites is 2. The zero-order valence-electron chi connectivity index (χ0n) is 16.2. The number of aromatic nitrogens is 3. The molecule has 0 fully saturated rings. The number of hydrogen-bond acceptors (Lipinski definition) is 5. The second-order valence-corrected chi connectivity index (χ2v) is 6.54. The summed E-state index contributed by atoms with van der Waals surface area (Å²) < 4.78 is 13.3. The predicted octanol–water partition coefficient (Wildman–Crippen LogP) is 1.62. The number of methoxy groups -OCH3 is 1. The maximum atomic E-state index is 5.98. The minimum atomic E-state index is -0.0787. The van der Waals surface area contributed by atoms with Gasteiger partial charge in [0.1, 0.15) is 18.3 Å². The molecule has 0 radical (unpaired) electrons. The molecule has 2 N–H and O–H groups in total. The molecule has 146 valence electrons. The van der Waals surface area contributed by atoms with Gasteiger partial charge in [0.25, 0.3) is 0 Å². The lowest BCUT2D eigenvalue weighted by Crippen LogP contribution is -2.47. The van der Waals surface area contributed by atoms with Crippen LogP contribution in [0.25, 0.3) is 0 Å². The summed E-state index contributed by atoms with van der Waals surface area (Å²) in [6.07, 6.45) is 3.47. The summed E-state index contributed by atoms with van der Waals surface area (Å²) in [5, 5.41) is 11.1. The molecule has 2 atom stereocenters. The Hall–Kier alpha value is -2.77. The highest BCUT2D eigenvalue weighted by molar-refractivity contribution is 5.80. The molecule has 27 heavy (non-hydrogen) atoms. The van der Waals surface area contributed by atoms with Gasteiger partial charge >= 0.3 is 0 Å². The van der Waals surface area contributed by atoms with Crippen LogP contribution in [0, 0.1) is 0 Å². The number of hydrogen-bond donors (Lipinski definition) is 2. The summed E-state index contributed by atoms with van der Waals surface area (Å²) in [5.41, 5.74) is 0. The van der Waals surface area contributed by atoms with E-state index in [1.807, 2.05) is 35.9 Å². The van der Waals surface area contributed by atoms with Gasteiger partial charge in [-0.3, -0.25) is 0 Å². The Morgan fingerprint density at radius 2 is 2.19 bits per heavy atom. The molecule has 1 aromatic heterocycles. The smallest absolute Gasteiger partial charge is 0.191 e. The molecule has 1 aliphatic heterocycles. The van der Waals surface area contributed by atoms with Crippen LogP contribution >= 0.6 is 0 Å². The molecule has 3 rings (SSSR count). The summed E-state index contributed by atoms with van der Waals surface area (Å²) >= 11 is 0. The fourth-order valence-corrected chi connectivity index (χ4v) is 3.06. The molecule has 8 heteroatoms. The van der Waals surface area contributed by atoms with Gasteiger partial charge in [0.2, 0.25) is 0 Å². The minimum absolute atomic E-state index is 0.0787. The molecule has 1 aliphatic rings. The highest BCUT2D eigenvalue weighted by Gasteiger charge is 2.20. The van der Waals surface area contributed by atoms with Gasteiger partial charge in [0.05, 0.1) is 20.2 Å². The van der Waals surface area contributed by atoms with E-state index in [1.165, 1.54) is 0 Å². The first-order valence-corrected chi connectivity index (χ1v) is 9.40. The molecule has 0 saturated heterocycles. The van der Waals surface area contributed by atoms with Crippen LogP contribution < -0.4 is 20.1 Å². The van der Waals surface area contributed by atoms with Crippen molar-refractivity contribution >= 4 is 5.96 Å². The third-order valence-electron chi connectivity index (χ3n) is 4.39. The van der Waals surface area contributed by atoms with Crippen LogP contribution in [0.5, 0.6) is 11.5 Å². The molecule has 2 aromatic rings. The van der Waals surface area contributed by atoms with Crippen LogP contribution in [0.1, 0.15) is 26.1 Å². The lowest BCUT2D eigenvalue weighted by molar-refractivity contribution is 0.219. The van der Waals surface area contributed by atoms with Crippen molar-refractivity contribution in [2.24, 2.45) is 4.99 Å². The summed E-state index contributed by atoms with van der Waals surface area (Å²) in [5.74, 6) is 3.30. The van der Waals surface area contributed by atoms with Crippen molar-refractivity contribution in [3.63, 3.8) is 0 Å². The van der Waals surface area contributed by atoms with E-state index in [0.717, 1.165) is 49.2 Å². The SMILES string of the molecule is CCNC(=NCC(C)Oc1ccccc1OC)NC1CCc2ncnn2C1.